The lowest BCUT2D eigenvalue weighted by Crippen LogP contribution is -2.12. The average molecular weight is 344 g/mol. The molecule has 1 heterocycles. The summed E-state index contributed by atoms with van der Waals surface area (Å²) in [5, 5.41) is 3.46. The van der Waals surface area contributed by atoms with Crippen molar-refractivity contribution in [2.75, 3.05) is 11.6 Å². The molecule has 1 amide bonds. The van der Waals surface area contributed by atoms with E-state index in [2.05, 4.69) is 10.3 Å². The van der Waals surface area contributed by atoms with Gasteiger partial charge >= 0.3 is 5.51 Å². The monoisotopic (exact) mass is 344 g/mol. The number of amides is 1. The number of benzene rings is 1. The lowest BCUT2D eigenvalue weighted by molar-refractivity contribution is -0.0328. The molecule has 1 aromatic heterocycles. The normalized spacial score (nSPS) is 11.3. The second-order valence-electron chi connectivity index (χ2n) is 4.12. The highest BCUT2D eigenvalue weighted by molar-refractivity contribution is 8.00. The third-order valence-corrected chi connectivity index (χ3v) is 3.95. The molecule has 0 saturated carbocycles. The van der Waals surface area contributed by atoms with E-state index in [1.165, 1.54) is 42.2 Å². The van der Waals surface area contributed by atoms with E-state index in [0.29, 0.717) is 5.69 Å². The first-order chi connectivity index (χ1) is 10.4. The van der Waals surface area contributed by atoms with Crippen molar-refractivity contribution < 1.29 is 18.0 Å². The van der Waals surface area contributed by atoms with Gasteiger partial charge in [0, 0.05) is 10.5 Å². The summed E-state index contributed by atoms with van der Waals surface area (Å²) >= 11 is 1.27. The van der Waals surface area contributed by atoms with Crippen LogP contribution in [0.2, 0.25) is 0 Å². The Labute approximate surface area is 133 Å². The number of hydrogen-bond donors (Lipinski definition) is 1. The molecule has 1 aromatic carbocycles. The van der Waals surface area contributed by atoms with Gasteiger partial charge in [0.1, 0.15) is 0 Å². The summed E-state index contributed by atoms with van der Waals surface area (Å²) in [6.07, 6.45) is 3.42. The smallest absolute Gasteiger partial charge is 0.321 e. The zero-order valence-corrected chi connectivity index (χ0v) is 13.0. The second kappa shape index (κ2) is 7.06. The Kier molecular flexibility index (Phi) is 5.36. The van der Waals surface area contributed by atoms with Crippen LogP contribution in [0, 0.1) is 0 Å². The van der Waals surface area contributed by atoms with E-state index in [0.717, 1.165) is 5.03 Å². The van der Waals surface area contributed by atoms with E-state index in [-0.39, 0.29) is 22.2 Å². The minimum atomic E-state index is -4.34. The molecule has 2 rings (SSSR count). The van der Waals surface area contributed by atoms with Crippen molar-refractivity contribution in [3.8, 4) is 0 Å². The number of carbonyl (C=O) groups is 1. The van der Waals surface area contributed by atoms with Gasteiger partial charge < -0.3 is 5.32 Å². The molecule has 2 aromatic rings. The molecule has 0 atom stereocenters. The van der Waals surface area contributed by atoms with E-state index in [9.17, 15) is 18.0 Å². The second-order valence-corrected chi connectivity index (χ2v) is 6.08. The maximum absolute atomic E-state index is 12.2. The number of anilines is 1. The van der Waals surface area contributed by atoms with Gasteiger partial charge in [-0.2, -0.15) is 13.2 Å². The van der Waals surface area contributed by atoms with E-state index < -0.39 is 11.4 Å². The molecule has 0 bridgehead atoms. The van der Waals surface area contributed by atoms with Gasteiger partial charge in [-0.05, 0) is 54.4 Å². The number of nitrogens with zero attached hydrogens (tertiary/aromatic N) is 1. The van der Waals surface area contributed by atoms with Crippen LogP contribution in [0.15, 0.2) is 52.5 Å². The SMILES string of the molecule is CSc1ccc(NC(=O)c2ccc(SC(F)(F)F)cc2)cn1. The van der Waals surface area contributed by atoms with E-state index in [1.807, 2.05) is 6.26 Å². The summed E-state index contributed by atoms with van der Waals surface area (Å²) in [7, 11) is 0. The Bertz CT molecular complexity index is 643. The average Bonchev–Trinajstić information content (AvgIpc) is 2.47. The number of aromatic nitrogens is 1. The Balaban J connectivity index is 2.03. The molecule has 22 heavy (non-hydrogen) atoms. The number of rotatable bonds is 4. The fourth-order valence-electron chi connectivity index (χ4n) is 1.59. The summed E-state index contributed by atoms with van der Waals surface area (Å²) in [6.45, 7) is 0. The summed E-state index contributed by atoms with van der Waals surface area (Å²) in [5.74, 6) is -0.401. The van der Waals surface area contributed by atoms with Crippen molar-refractivity contribution in [1.29, 1.82) is 0 Å². The number of nitrogens with one attached hydrogen (secondary N) is 1. The van der Waals surface area contributed by atoms with Gasteiger partial charge in [-0.15, -0.1) is 11.8 Å². The molecule has 0 aliphatic carbocycles. The van der Waals surface area contributed by atoms with Crippen LogP contribution in [0.1, 0.15) is 10.4 Å². The van der Waals surface area contributed by atoms with Crippen molar-refractivity contribution >= 4 is 35.1 Å². The van der Waals surface area contributed by atoms with Gasteiger partial charge in [-0.25, -0.2) is 4.98 Å². The van der Waals surface area contributed by atoms with Gasteiger partial charge in [-0.3, -0.25) is 4.79 Å². The van der Waals surface area contributed by atoms with Crippen LogP contribution in [0.3, 0.4) is 0 Å². The maximum Gasteiger partial charge on any atom is 0.446 e. The van der Waals surface area contributed by atoms with E-state index >= 15 is 0 Å². The number of halogens is 3. The van der Waals surface area contributed by atoms with Gasteiger partial charge in [0.2, 0.25) is 0 Å². The molecule has 3 nitrogen and oxygen atoms in total. The van der Waals surface area contributed by atoms with Crippen LogP contribution in [-0.4, -0.2) is 22.7 Å². The molecule has 0 aliphatic heterocycles. The van der Waals surface area contributed by atoms with Crippen LogP contribution < -0.4 is 5.32 Å². The standard InChI is InChI=1S/C14H11F3N2OS2/c1-21-12-7-4-10(8-18-12)19-13(20)9-2-5-11(6-3-9)22-14(15,16)17/h2-8H,1H3,(H,19,20). The summed E-state index contributed by atoms with van der Waals surface area (Å²) in [5.41, 5.74) is -3.54. The van der Waals surface area contributed by atoms with Crippen molar-refractivity contribution in [3.63, 3.8) is 0 Å². The number of alkyl halides is 3. The zero-order valence-electron chi connectivity index (χ0n) is 11.3. The zero-order chi connectivity index (χ0) is 16.2. The van der Waals surface area contributed by atoms with Crippen molar-refractivity contribution in [3.05, 3.63) is 48.2 Å². The van der Waals surface area contributed by atoms with Crippen molar-refractivity contribution in [2.45, 2.75) is 15.4 Å². The molecule has 0 spiro atoms. The number of thioether (sulfide) groups is 2. The predicted molar refractivity (Wildman–Crippen MR) is 82.3 cm³/mol. The molecule has 0 radical (unpaired) electrons. The maximum atomic E-state index is 12.2. The van der Waals surface area contributed by atoms with Gasteiger partial charge in [0.15, 0.2) is 0 Å². The van der Waals surface area contributed by atoms with Crippen LogP contribution in [0.5, 0.6) is 0 Å². The largest absolute Gasteiger partial charge is 0.446 e. The Morgan fingerprint density at radius 3 is 2.32 bits per heavy atom. The van der Waals surface area contributed by atoms with E-state index in [4.69, 9.17) is 0 Å². The van der Waals surface area contributed by atoms with E-state index in [1.54, 1.807) is 12.1 Å². The third kappa shape index (κ3) is 4.96. The molecule has 8 heteroatoms. The molecule has 0 saturated heterocycles. The first kappa shape index (κ1) is 16.7. The fourth-order valence-corrected chi connectivity index (χ4v) is 2.49. The highest BCUT2D eigenvalue weighted by atomic mass is 32.2. The molecule has 0 unspecified atom stereocenters. The molecular weight excluding hydrogens is 333 g/mol. The quantitative estimate of drug-likeness (QED) is 0.819. The van der Waals surface area contributed by atoms with Crippen LogP contribution >= 0.6 is 23.5 Å². The minimum Gasteiger partial charge on any atom is -0.321 e. The van der Waals surface area contributed by atoms with Crippen molar-refractivity contribution in [1.82, 2.24) is 4.98 Å². The lowest BCUT2D eigenvalue weighted by atomic mass is 10.2. The summed E-state index contributed by atoms with van der Waals surface area (Å²) in [6, 6.07) is 8.72. The Morgan fingerprint density at radius 1 is 1.14 bits per heavy atom. The highest BCUT2D eigenvalue weighted by Gasteiger charge is 2.29. The van der Waals surface area contributed by atoms with Gasteiger partial charge in [-0.1, -0.05) is 0 Å². The van der Waals surface area contributed by atoms with Gasteiger partial charge in [0.05, 0.1) is 16.9 Å². The first-order valence-corrected chi connectivity index (χ1v) is 8.09. The minimum absolute atomic E-state index is 0.0371. The third-order valence-electron chi connectivity index (χ3n) is 2.55. The fraction of sp³-hybridized carbons (Fsp3) is 0.143. The predicted octanol–water partition coefficient (Wildman–Crippen LogP) is 4.67. The molecule has 116 valence electrons. The van der Waals surface area contributed by atoms with Gasteiger partial charge in [0.25, 0.3) is 5.91 Å². The molecular formula is C14H11F3N2OS2. The van der Waals surface area contributed by atoms with Crippen LogP contribution in [0.4, 0.5) is 18.9 Å². The van der Waals surface area contributed by atoms with Crippen LogP contribution in [0.25, 0.3) is 0 Å². The first-order valence-electron chi connectivity index (χ1n) is 6.04. The van der Waals surface area contributed by atoms with Crippen molar-refractivity contribution in [2.24, 2.45) is 0 Å². The molecule has 1 N–H and O–H groups in total. The summed E-state index contributed by atoms with van der Waals surface area (Å²) < 4.78 is 36.7. The molecule has 0 aliphatic rings. The molecule has 0 fully saturated rings. The topological polar surface area (TPSA) is 42.0 Å². The number of hydrogen-bond acceptors (Lipinski definition) is 4. The van der Waals surface area contributed by atoms with Crippen LogP contribution in [-0.2, 0) is 0 Å². The highest BCUT2D eigenvalue weighted by Crippen LogP contribution is 2.36. The number of pyridine rings is 1. The lowest BCUT2D eigenvalue weighted by Gasteiger charge is -2.07. The Morgan fingerprint density at radius 2 is 1.82 bits per heavy atom. The Hall–Kier alpha value is -1.67. The number of carbonyl (C=O) groups excluding carboxylic acids is 1. The summed E-state index contributed by atoms with van der Waals surface area (Å²) in [4.78, 5) is 16.1.